The number of aromatic nitrogens is 3. The maximum absolute atomic E-state index is 4.97. The van der Waals surface area contributed by atoms with Gasteiger partial charge in [-0.15, -0.1) is 0 Å². The molecule has 1 aromatic rings. The van der Waals surface area contributed by atoms with Gasteiger partial charge in [-0.05, 0) is 12.3 Å². The predicted molar refractivity (Wildman–Crippen MR) is 70.2 cm³/mol. The summed E-state index contributed by atoms with van der Waals surface area (Å²) < 4.78 is 6.95. The number of aryl methyl sites for hydroxylation is 1. The molecule has 1 aromatic heterocycles. The second-order valence-electron chi connectivity index (χ2n) is 5.03. The van der Waals surface area contributed by atoms with Crippen LogP contribution in [-0.2, 0) is 17.8 Å². The Bertz CT molecular complexity index is 333. The number of nitrogens with zero attached hydrogens (tertiary/aromatic N) is 3. The SMILES string of the molecule is COCCNCc1ncn(CCC2CCCC2)n1. The van der Waals surface area contributed by atoms with E-state index in [0.29, 0.717) is 0 Å². The summed E-state index contributed by atoms with van der Waals surface area (Å²) in [4.78, 5) is 4.31. The minimum atomic E-state index is 0.722. The van der Waals surface area contributed by atoms with Crippen LogP contribution in [0.3, 0.4) is 0 Å². The van der Waals surface area contributed by atoms with Crippen LogP contribution in [0.25, 0.3) is 0 Å². The number of hydrogen-bond donors (Lipinski definition) is 1. The molecule has 1 fully saturated rings. The summed E-state index contributed by atoms with van der Waals surface area (Å²) in [6.07, 6.45) is 8.73. The second kappa shape index (κ2) is 7.48. The van der Waals surface area contributed by atoms with Crippen LogP contribution in [0.2, 0.25) is 0 Å². The molecule has 0 radical (unpaired) electrons. The van der Waals surface area contributed by atoms with E-state index in [0.717, 1.165) is 38.0 Å². The molecule has 0 aliphatic heterocycles. The molecule has 0 saturated heterocycles. The molecular weight excluding hydrogens is 228 g/mol. The second-order valence-corrected chi connectivity index (χ2v) is 5.03. The quantitative estimate of drug-likeness (QED) is 0.714. The highest BCUT2D eigenvalue weighted by Gasteiger charge is 2.14. The van der Waals surface area contributed by atoms with Gasteiger partial charge in [0.05, 0.1) is 13.2 Å². The third-order valence-electron chi connectivity index (χ3n) is 3.59. The van der Waals surface area contributed by atoms with Gasteiger partial charge in [-0.25, -0.2) is 4.98 Å². The maximum Gasteiger partial charge on any atom is 0.164 e. The standard InChI is InChI=1S/C13H24N4O/c1-18-9-7-14-10-13-15-11-17(16-13)8-6-12-4-2-3-5-12/h11-12,14H,2-10H2,1H3. The Labute approximate surface area is 109 Å². The highest BCUT2D eigenvalue weighted by molar-refractivity contribution is 4.81. The maximum atomic E-state index is 4.97. The van der Waals surface area contributed by atoms with Gasteiger partial charge in [0.25, 0.3) is 0 Å². The van der Waals surface area contributed by atoms with Crippen LogP contribution in [0.15, 0.2) is 6.33 Å². The minimum absolute atomic E-state index is 0.722. The summed E-state index contributed by atoms with van der Waals surface area (Å²) in [7, 11) is 1.71. The summed E-state index contributed by atoms with van der Waals surface area (Å²) in [5.41, 5.74) is 0. The third kappa shape index (κ3) is 4.38. The van der Waals surface area contributed by atoms with E-state index in [4.69, 9.17) is 4.74 Å². The van der Waals surface area contributed by atoms with Gasteiger partial charge in [0.1, 0.15) is 6.33 Å². The van der Waals surface area contributed by atoms with E-state index >= 15 is 0 Å². The summed E-state index contributed by atoms with van der Waals surface area (Å²) in [5.74, 6) is 1.79. The van der Waals surface area contributed by atoms with Crippen LogP contribution >= 0.6 is 0 Å². The molecule has 1 N–H and O–H groups in total. The van der Waals surface area contributed by atoms with Gasteiger partial charge in [0.2, 0.25) is 0 Å². The van der Waals surface area contributed by atoms with Crippen LogP contribution in [0.5, 0.6) is 0 Å². The van der Waals surface area contributed by atoms with Gasteiger partial charge in [-0.1, -0.05) is 25.7 Å². The number of rotatable bonds is 8. The molecule has 1 aliphatic carbocycles. The molecule has 0 atom stereocenters. The Hall–Kier alpha value is -0.940. The molecule has 0 aromatic carbocycles. The molecule has 1 heterocycles. The average molecular weight is 252 g/mol. The molecule has 1 saturated carbocycles. The van der Waals surface area contributed by atoms with Gasteiger partial charge in [0, 0.05) is 20.2 Å². The van der Waals surface area contributed by atoms with Crippen molar-refractivity contribution in [2.75, 3.05) is 20.3 Å². The van der Waals surface area contributed by atoms with Crippen molar-refractivity contribution in [1.29, 1.82) is 0 Å². The van der Waals surface area contributed by atoms with Crippen LogP contribution in [0.4, 0.5) is 0 Å². The Kier molecular flexibility index (Phi) is 5.61. The van der Waals surface area contributed by atoms with Crippen LogP contribution in [0.1, 0.15) is 37.9 Å². The summed E-state index contributed by atoms with van der Waals surface area (Å²) >= 11 is 0. The van der Waals surface area contributed by atoms with E-state index in [-0.39, 0.29) is 0 Å². The predicted octanol–water partition coefficient (Wildman–Crippen LogP) is 1.59. The Morgan fingerprint density at radius 2 is 2.28 bits per heavy atom. The van der Waals surface area contributed by atoms with E-state index < -0.39 is 0 Å². The Morgan fingerprint density at radius 1 is 1.44 bits per heavy atom. The minimum Gasteiger partial charge on any atom is -0.383 e. The van der Waals surface area contributed by atoms with Crippen LogP contribution < -0.4 is 5.32 Å². The molecular formula is C13H24N4O. The molecule has 18 heavy (non-hydrogen) atoms. The first-order valence-electron chi connectivity index (χ1n) is 6.96. The first-order chi connectivity index (χ1) is 8.88. The van der Waals surface area contributed by atoms with Crippen molar-refractivity contribution in [3.8, 4) is 0 Å². The lowest BCUT2D eigenvalue weighted by Crippen LogP contribution is -2.19. The van der Waals surface area contributed by atoms with Gasteiger partial charge in [-0.2, -0.15) is 5.10 Å². The summed E-state index contributed by atoms with van der Waals surface area (Å²) in [6.45, 7) is 3.30. The van der Waals surface area contributed by atoms with Crippen molar-refractivity contribution >= 4 is 0 Å². The monoisotopic (exact) mass is 252 g/mol. The summed E-state index contributed by atoms with van der Waals surface area (Å²) in [6, 6.07) is 0. The molecule has 5 heteroatoms. The molecule has 1 aliphatic rings. The molecule has 0 bridgehead atoms. The molecule has 0 spiro atoms. The van der Waals surface area contributed by atoms with Crippen LogP contribution in [-0.4, -0.2) is 35.0 Å². The van der Waals surface area contributed by atoms with E-state index in [1.165, 1.54) is 32.1 Å². The van der Waals surface area contributed by atoms with Gasteiger partial charge >= 0.3 is 0 Å². The molecule has 102 valence electrons. The number of methoxy groups -OCH3 is 1. The van der Waals surface area contributed by atoms with Crippen molar-refractivity contribution < 1.29 is 4.74 Å². The lowest BCUT2D eigenvalue weighted by Gasteiger charge is -2.07. The topological polar surface area (TPSA) is 52.0 Å². The lowest BCUT2D eigenvalue weighted by atomic mass is 10.0. The normalized spacial score (nSPS) is 16.5. The molecule has 5 nitrogen and oxygen atoms in total. The van der Waals surface area contributed by atoms with Crippen molar-refractivity contribution in [2.45, 2.75) is 45.2 Å². The zero-order valence-corrected chi connectivity index (χ0v) is 11.3. The Morgan fingerprint density at radius 3 is 3.06 bits per heavy atom. The number of hydrogen-bond acceptors (Lipinski definition) is 4. The fourth-order valence-corrected chi connectivity index (χ4v) is 2.51. The van der Waals surface area contributed by atoms with Crippen molar-refractivity contribution in [3.63, 3.8) is 0 Å². The number of nitrogens with one attached hydrogen (secondary N) is 1. The fraction of sp³-hybridized carbons (Fsp3) is 0.846. The zero-order chi connectivity index (χ0) is 12.6. The van der Waals surface area contributed by atoms with Crippen molar-refractivity contribution in [2.24, 2.45) is 5.92 Å². The van der Waals surface area contributed by atoms with Crippen LogP contribution in [0, 0.1) is 5.92 Å². The lowest BCUT2D eigenvalue weighted by molar-refractivity contribution is 0.199. The Balaban J connectivity index is 1.65. The zero-order valence-electron chi connectivity index (χ0n) is 11.3. The van der Waals surface area contributed by atoms with Gasteiger partial charge in [0.15, 0.2) is 5.82 Å². The van der Waals surface area contributed by atoms with E-state index in [1.807, 2.05) is 11.0 Å². The largest absolute Gasteiger partial charge is 0.383 e. The van der Waals surface area contributed by atoms with Crippen molar-refractivity contribution in [3.05, 3.63) is 12.2 Å². The van der Waals surface area contributed by atoms with Gasteiger partial charge < -0.3 is 10.1 Å². The van der Waals surface area contributed by atoms with E-state index in [9.17, 15) is 0 Å². The third-order valence-corrected chi connectivity index (χ3v) is 3.59. The first kappa shape index (κ1) is 13.5. The highest BCUT2D eigenvalue weighted by atomic mass is 16.5. The van der Waals surface area contributed by atoms with Crippen molar-refractivity contribution in [1.82, 2.24) is 20.1 Å². The first-order valence-corrected chi connectivity index (χ1v) is 6.96. The molecule has 0 amide bonds. The average Bonchev–Trinajstić information content (AvgIpc) is 3.03. The van der Waals surface area contributed by atoms with E-state index in [2.05, 4.69) is 15.4 Å². The smallest absolute Gasteiger partial charge is 0.164 e. The highest BCUT2D eigenvalue weighted by Crippen LogP contribution is 2.27. The summed E-state index contributed by atoms with van der Waals surface area (Å²) in [5, 5.41) is 7.72. The fourth-order valence-electron chi connectivity index (χ4n) is 2.51. The molecule has 2 rings (SSSR count). The van der Waals surface area contributed by atoms with E-state index in [1.54, 1.807) is 7.11 Å². The van der Waals surface area contributed by atoms with Gasteiger partial charge in [-0.3, -0.25) is 4.68 Å². The number of ether oxygens (including phenoxy) is 1. The molecule has 0 unspecified atom stereocenters.